The first-order chi connectivity index (χ1) is 8.88. The summed E-state index contributed by atoms with van der Waals surface area (Å²) < 4.78 is 5.36. The second-order valence-corrected chi connectivity index (χ2v) is 4.81. The third-order valence-corrected chi connectivity index (χ3v) is 3.37. The third-order valence-electron chi connectivity index (χ3n) is 3.37. The Kier molecular flexibility index (Phi) is 5.65. The van der Waals surface area contributed by atoms with Crippen LogP contribution < -0.4 is 5.32 Å². The maximum atomic E-state index is 5.36. The Hall–Kier alpha value is -0.900. The highest BCUT2D eigenvalue weighted by molar-refractivity contribution is 5.22. The van der Waals surface area contributed by atoms with Crippen molar-refractivity contribution in [2.75, 3.05) is 39.4 Å². The monoisotopic (exact) mass is 248 g/mol. The van der Waals surface area contributed by atoms with Crippen molar-refractivity contribution in [1.29, 1.82) is 0 Å². The zero-order chi connectivity index (χ0) is 12.6. The first kappa shape index (κ1) is 13.5. The maximum Gasteiger partial charge on any atom is 0.0594 e. The van der Waals surface area contributed by atoms with E-state index in [-0.39, 0.29) is 0 Å². The van der Waals surface area contributed by atoms with Crippen LogP contribution in [0.2, 0.25) is 0 Å². The van der Waals surface area contributed by atoms with Gasteiger partial charge in [-0.1, -0.05) is 31.2 Å². The number of morpholine rings is 1. The highest BCUT2D eigenvalue weighted by Crippen LogP contribution is 2.09. The van der Waals surface area contributed by atoms with Crippen molar-refractivity contribution in [2.24, 2.45) is 0 Å². The molecule has 18 heavy (non-hydrogen) atoms. The van der Waals surface area contributed by atoms with E-state index in [1.54, 1.807) is 0 Å². The van der Waals surface area contributed by atoms with Crippen LogP contribution in [0.3, 0.4) is 0 Å². The molecule has 3 nitrogen and oxygen atoms in total. The molecule has 1 aliphatic rings. The number of rotatable bonds is 6. The minimum absolute atomic E-state index is 0.876. The first-order valence-corrected chi connectivity index (χ1v) is 6.97. The van der Waals surface area contributed by atoms with Crippen LogP contribution in [0.4, 0.5) is 0 Å². The molecule has 1 aromatic carbocycles. The minimum atomic E-state index is 0.876. The van der Waals surface area contributed by atoms with Gasteiger partial charge in [0.1, 0.15) is 0 Å². The van der Waals surface area contributed by atoms with Gasteiger partial charge >= 0.3 is 0 Å². The molecule has 1 saturated heterocycles. The second kappa shape index (κ2) is 7.52. The molecule has 1 heterocycles. The number of hydrogen-bond acceptors (Lipinski definition) is 3. The SMILES string of the molecule is CCNCCc1ccc(CN2CCOCC2)cc1. The Balaban J connectivity index is 1.79. The molecule has 0 saturated carbocycles. The lowest BCUT2D eigenvalue weighted by molar-refractivity contribution is 0.0342. The van der Waals surface area contributed by atoms with Crippen LogP contribution in [-0.4, -0.2) is 44.3 Å². The van der Waals surface area contributed by atoms with Gasteiger partial charge in [-0.2, -0.15) is 0 Å². The summed E-state index contributed by atoms with van der Waals surface area (Å²) in [4.78, 5) is 2.46. The van der Waals surface area contributed by atoms with E-state index in [1.165, 1.54) is 11.1 Å². The van der Waals surface area contributed by atoms with E-state index in [2.05, 4.69) is 41.4 Å². The predicted molar refractivity (Wildman–Crippen MR) is 74.8 cm³/mol. The Morgan fingerprint density at radius 1 is 1.11 bits per heavy atom. The molecule has 1 fully saturated rings. The van der Waals surface area contributed by atoms with Crippen LogP contribution in [0, 0.1) is 0 Å². The summed E-state index contributed by atoms with van der Waals surface area (Å²) >= 11 is 0. The number of likely N-dealkylation sites (N-methyl/N-ethyl adjacent to an activating group) is 1. The van der Waals surface area contributed by atoms with Gasteiger partial charge in [-0.15, -0.1) is 0 Å². The Morgan fingerprint density at radius 2 is 1.78 bits per heavy atom. The third kappa shape index (κ3) is 4.41. The minimum Gasteiger partial charge on any atom is -0.379 e. The Labute approximate surface area is 110 Å². The van der Waals surface area contributed by atoms with Gasteiger partial charge in [0.15, 0.2) is 0 Å². The molecule has 1 aromatic rings. The predicted octanol–water partition coefficient (Wildman–Crippen LogP) is 1.67. The molecule has 3 heteroatoms. The summed E-state index contributed by atoms with van der Waals surface area (Å²) in [5.41, 5.74) is 2.82. The highest BCUT2D eigenvalue weighted by Gasteiger charge is 2.10. The first-order valence-electron chi connectivity index (χ1n) is 6.97. The van der Waals surface area contributed by atoms with Crippen LogP contribution >= 0.6 is 0 Å². The summed E-state index contributed by atoms with van der Waals surface area (Å²) in [6, 6.07) is 9.04. The lowest BCUT2D eigenvalue weighted by atomic mass is 10.1. The largest absolute Gasteiger partial charge is 0.379 e. The molecule has 0 radical (unpaired) electrons. The molecule has 0 spiro atoms. The van der Waals surface area contributed by atoms with Crippen LogP contribution in [0.5, 0.6) is 0 Å². The summed E-state index contributed by atoms with van der Waals surface area (Å²) in [5, 5.41) is 3.35. The molecule has 1 aliphatic heterocycles. The molecule has 0 aliphatic carbocycles. The van der Waals surface area contributed by atoms with Crippen molar-refractivity contribution >= 4 is 0 Å². The van der Waals surface area contributed by atoms with Gasteiger partial charge in [0, 0.05) is 19.6 Å². The van der Waals surface area contributed by atoms with Crippen LogP contribution in [-0.2, 0) is 17.7 Å². The lowest BCUT2D eigenvalue weighted by Crippen LogP contribution is -2.35. The summed E-state index contributed by atoms with van der Waals surface area (Å²) in [6.07, 6.45) is 1.12. The van der Waals surface area contributed by atoms with Gasteiger partial charge in [-0.25, -0.2) is 0 Å². The van der Waals surface area contributed by atoms with Crippen molar-refractivity contribution in [1.82, 2.24) is 10.2 Å². The van der Waals surface area contributed by atoms with Crippen molar-refractivity contribution < 1.29 is 4.74 Å². The molecule has 0 bridgehead atoms. The number of hydrogen-bond donors (Lipinski definition) is 1. The zero-order valence-electron chi connectivity index (χ0n) is 11.3. The molecular weight excluding hydrogens is 224 g/mol. The van der Waals surface area contributed by atoms with E-state index in [0.29, 0.717) is 0 Å². The summed E-state index contributed by atoms with van der Waals surface area (Å²) in [6.45, 7) is 9.18. The van der Waals surface area contributed by atoms with Crippen molar-refractivity contribution in [3.63, 3.8) is 0 Å². The molecule has 0 atom stereocenters. The fourth-order valence-corrected chi connectivity index (χ4v) is 2.24. The van der Waals surface area contributed by atoms with Gasteiger partial charge in [-0.05, 0) is 30.6 Å². The normalized spacial score (nSPS) is 16.9. The smallest absolute Gasteiger partial charge is 0.0594 e. The standard InChI is InChI=1S/C15H24N2O/c1-2-16-8-7-14-3-5-15(6-4-14)13-17-9-11-18-12-10-17/h3-6,16H,2,7-13H2,1H3. The van der Waals surface area contributed by atoms with E-state index in [0.717, 1.165) is 52.4 Å². The van der Waals surface area contributed by atoms with E-state index in [9.17, 15) is 0 Å². The van der Waals surface area contributed by atoms with Gasteiger partial charge in [-0.3, -0.25) is 4.90 Å². The van der Waals surface area contributed by atoms with E-state index in [4.69, 9.17) is 4.74 Å². The lowest BCUT2D eigenvalue weighted by Gasteiger charge is -2.26. The number of benzene rings is 1. The summed E-state index contributed by atoms with van der Waals surface area (Å²) in [7, 11) is 0. The van der Waals surface area contributed by atoms with E-state index in [1.807, 2.05) is 0 Å². The molecule has 2 rings (SSSR count). The average Bonchev–Trinajstić information content (AvgIpc) is 2.42. The zero-order valence-corrected chi connectivity index (χ0v) is 11.3. The average molecular weight is 248 g/mol. The number of nitrogens with zero attached hydrogens (tertiary/aromatic N) is 1. The highest BCUT2D eigenvalue weighted by atomic mass is 16.5. The quantitative estimate of drug-likeness (QED) is 0.775. The van der Waals surface area contributed by atoms with Crippen LogP contribution in [0.25, 0.3) is 0 Å². The van der Waals surface area contributed by atoms with Crippen molar-refractivity contribution in [3.05, 3.63) is 35.4 Å². The topological polar surface area (TPSA) is 24.5 Å². The Bertz CT molecular complexity index is 331. The van der Waals surface area contributed by atoms with E-state index >= 15 is 0 Å². The van der Waals surface area contributed by atoms with Crippen molar-refractivity contribution in [3.8, 4) is 0 Å². The molecule has 0 amide bonds. The van der Waals surface area contributed by atoms with Gasteiger partial charge in [0.2, 0.25) is 0 Å². The van der Waals surface area contributed by atoms with Crippen molar-refractivity contribution in [2.45, 2.75) is 19.9 Å². The molecule has 100 valence electrons. The molecule has 1 N–H and O–H groups in total. The second-order valence-electron chi connectivity index (χ2n) is 4.81. The van der Waals surface area contributed by atoms with Gasteiger partial charge in [0.05, 0.1) is 13.2 Å². The van der Waals surface area contributed by atoms with Gasteiger partial charge in [0.25, 0.3) is 0 Å². The van der Waals surface area contributed by atoms with Crippen LogP contribution in [0.15, 0.2) is 24.3 Å². The molecule has 0 unspecified atom stereocenters. The summed E-state index contributed by atoms with van der Waals surface area (Å²) in [5.74, 6) is 0. The van der Waals surface area contributed by atoms with E-state index < -0.39 is 0 Å². The number of ether oxygens (including phenoxy) is 1. The molecular formula is C15H24N2O. The molecule has 0 aromatic heterocycles. The Morgan fingerprint density at radius 3 is 2.44 bits per heavy atom. The van der Waals surface area contributed by atoms with Gasteiger partial charge < -0.3 is 10.1 Å². The van der Waals surface area contributed by atoms with Crippen LogP contribution in [0.1, 0.15) is 18.1 Å². The fraction of sp³-hybridized carbons (Fsp3) is 0.600. The maximum absolute atomic E-state index is 5.36. The number of nitrogens with one attached hydrogen (secondary N) is 1. The fourth-order valence-electron chi connectivity index (χ4n) is 2.24.